The van der Waals surface area contributed by atoms with Crippen molar-refractivity contribution in [3.05, 3.63) is 25.3 Å². The van der Waals surface area contributed by atoms with Gasteiger partial charge in [0, 0.05) is 6.42 Å². The Balaban J connectivity index is 2.39. The molecule has 0 aromatic carbocycles. The summed E-state index contributed by atoms with van der Waals surface area (Å²) in [7, 11) is 0. The molecule has 0 N–H and O–H groups in total. The quantitative estimate of drug-likeness (QED) is 0.540. The zero-order valence-corrected chi connectivity index (χ0v) is 9.54. The molecule has 3 nitrogen and oxygen atoms in total. The fourth-order valence-corrected chi connectivity index (χ4v) is 3.04. The maximum Gasteiger partial charge on any atom is 0.181 e. The van der Waals surface area contributed by atoms with E-state index >= 15 is 0 Å². The van der Waals surface area contributed by atoms with Crippen molar-refractivity contribution in [3.63, 3.8) is 0 Å². The van der Waals surface area contributed by atoms with E-state index in [4.69, 9.17) is 9.47 Å². The minimum atomic E-state index is -0.716. The van der Waals surface area contributed by atoms with Crippen LogP contribution in [0.15, 0.2) is 25.3 Å². The molecule has 2 rings (SSSR count). The van der Waals surface area contributed by atoms with E-state index in [1.165, 1.54) is 6.08 Å². The largest absolute Gasteiger partial charge is 0.346 e. The number of carbonyl (C=O) groups excluding carboxylic acids is 1. The minimum absolute atomic E-state index is 0.0202. The van der Waals surface area contributed by atoms with Gasteiger partial charge in [-0.15, -0.1) is 6.58 Å². The maximum absolute atomic E-state index is 12.2. The van der Waals surface area contributed by atoms with Crippen molar-refractivity contribution in [3.8, 4) is 0 Å². The van der Waals surface area contributed by atoms with Gasteiger partial charge in [-0.2, -0.15) is 0 Å². The molecule has 0 unspecified atom stereocenters. The third-order valence-electron chi connectivity index (χ3n) is 3.74. The van der Waals surface area contributed by atoms with Gasteiger partial charge in [0.2, 0.25) is 0 Å². The molecule has 0 aromatic heterocycles. The molecule has 1 saturated carbocycles. The molecular formula is C13H18O3. The van der Waals surface area contributed by atoms with Gasteiger partial charge in [-0.3, -0.25) is 4.79 Å². The summed E-state index contributed by atoms with van der Waals surface area (Å²) in [6, 6.07) is 0. The van der Waals surface area contributed by atoms with E-state index in [-0.39, 0.29) is 5.78 Å². The van der Waals surface area contributed by atoms with E-state index in [0.717, 1.165) is 19.3 Å². The minimum Gasteiger partial charge on any atom is -0.346 e. The van der Waals surface area contributed by atoms with Crippen molar-refractivity contribution in [1.82, 2.24) is 0 Å². The van der Waals surface area contributed by atoms with Crippen LogP contribution in [0.1, 0.15) is 25.7 Å². The predicted molar refractivity (Wildman–Crippen MR) is 60.9 cm³/mol. The van der Waals surface area contributed by atoms with E-state index in [2.05, 4.69) is 13.2 Å². The first-order valence-electron chi connectivity index (χ1n) is 5.76. The zero-order chi connectivity index (χ0) is 11.6. The first-order chi connectivity index (χ1) is 7.71. The number of hydrogen-bond donors (Lipinski definition) is 0. The Morgan fingerprint density at radius 1 is 1.25 bits per heavy atom. The summed E-state index contributed by atoms with van der Waals surface area (Å²) < 4.78 is 11.5. The molecule has 88 valence electrons. The summed E-state index contributed by atoms with van der Waals surface area (Å²) in [5, 5.41) is 0. The van der Waals surface area contributed by atoms with E-state index in [1.54, 1.807) is 6.08 Å². The van der Waals surface area contributed by atoms with Crippen molar-refractivity contribution in [2.24, 2.45) is 5.41 Å². The Bertz CT molecular complexity index is 310. The highest BCUT2D eigenvalue weighted by Crippen LogP contribution is 2.54. The zero-order valence-electron chi connectivity index (χ0n) is 9.54. The molecule has 0 radical (unpaired) electrons. The molecule has 1 aliphatic carbocycles. The average Bonchev–Trinajstić information content (AvgIpc) is 2.89. The van der Waals surface area contributed by atoms with Gasteiger partial charge in [0.1, 0.15) is 0 Å². The Morgan fingerprint density at radius 3 is 2.50 bits per heavy atom. The molecule has 3 heteroatoms. The lowest BCUT2D eigenvalue weighted by Gasteiger charge is -2.39. The Hall–Kier alpha value is -0.930. The lowest BCUT2D eigenvalue weighted by Crippen LogP contribution is -2.49. The second kappa shape index (κ2) is 4.15. The lowest BCUT2D eigenvalue weighted by atomic mass is 9.74. The monoisotopic (exact) mass is 222 g/mol. The second-order valence-electron chi connectivity index (χ2n) is 4.45. The van der Waals surface area contributed by atoms with Crippen LogP contribution >= 0.6 is 0 Å². The van der Waals surface area contributed by atoms with Crippen LogP contribution in [-0.2, 0) is 14.3 Å². The fourth-order valence-electron chi connectivity index (χ4n) is 3.04. The van der Waals surface area contributed by atoms with Gasteiger partial charge >= 0.3 is 0 Å². The van der Waals surface area contributed by atoms with Crippen LogP contribution in [0.25, 0.3) is 0 Å². The molecule has 0 aromatic rings. The van der Waals surface area contributed by atoms with Crippen LogP contribution in [0.3, 0.4) is 0 Å². The van der Waals surface area contributed by atoms with Gasteiger partial charge in [0.25, 0.3) is 0 Å². The standard InChI is InChI=1S/C13H18O3/c1-3-6-12(11(14)4-2)7-5-8-13(12)15-9-10-16-13/h3-4H,1-2,5-10H2/t12-/m1/s1. The molecule has 2 aliphatic rings. The van der Waals surface area contributed by atoms with Crippen LogP contribution in [0.5, 0.6) is 0 Å². The summed E-state index contributed by atoms with van der Waals surface area (Å²) in [6.07, 6.45) is 6.30. The van der Waals surface area contributed by atoms with Gasteiger partial charge in [0.05, 0.1) is 18.6 Å². The maximum atomic E-state index is 12.2. The van der Waals surface area contributed by atoms with E-state index in [0.29, 0.717) is 19.6 Å². The SMILES string of the molecule is C=CC[C@]1(C(=O)C=C)CCCC12OCCO2. The number of ketones is 1. The first kappa shape index (κ1) is 11.6. The predicted octanol–water partition coefficient (Wildman–Crippen LogP) is 2.23. The number of rotatable bonds is 4. The third-order valence-corrected chi connectivity index (χ3v) is 3.74. The van der Waals surface area contributed by atoms with Gasteiger partial charge < -0.3 is 9.47 Å². The topological polar surface area (TPSA) is 35.5 Å². The van der Waals surface area contributed by atoms with Crippen LogP contribution in [0, 0.1) is 5.41 Å². The summed E-state index contributed by atoms with van der Waals surface area (Å²) in [4.78, 5) is 12.2. The van der Waals surface area contributed by atoms with Crippen molar-refractivity contribution >= 4 is 5.78 Å². The van der Waals surface area contributed by atoms with Crippen molar-refractivity contribution in [2.45, 2.75) is 31.5 Å². The molecule has 1 aliphatic heterocycles. The molecule has 1 spiro atoms. The van der Waals surface area contributed by atoms with E-state index in [9.17, 15) is 4.79 Å². The molecule has 2 fully saturated rings. The van der Waals surface area contributed by atoms with Crippen LogP contribution in [-0.4, -0.2) is 24.8 Å². The van der Waals surface area contributed by atoms with Gasteiger partial charge in [-0.05, 0) is 25.3 Å². The normalized spacial score (nSPS) is 31.8. The van der Waals surface area contributed by atoms with Gasteiger partial charge in [-0.25, -0.2) is 0 Å². The molecule has 0 amide bonds. The number of ether oxygens (including phenoxy) is 2. The first-order valence-corrected chi connectivity index (χ1v) is 5.76. The highest BCUT2D eigenvalue weighted by atomic mass is 16.7. The van der Waals surface area contributed by atoms with Crippen molar-refractivity contribution in [1.29, 1.82) is 0 Å². The summed E-state index contributed by atoms with van der Waals surface area (Å²) >= 11 is 0. The number of allylic oxidation sites excluding steroid dienone is 2. The number of hydrogen-bond acceptors (Lipinski definition) is 3. The van der Waals surface area contributed by atoms with Crippen molar-refractivity contribution < 1.29 is 14.3 Å². The smallest absolute Gasteiger partial charge is 0.181 e. The van der Waals surface area contributed by atoms with Crippen LogP contribution in [0.4, 0.5) is 0 Å². The molecule has 1 heterocycles. The summed E-state index contributed by atoms with van der Waals surface area (Å²) in [6.45, 7) is 8.48. The van der Waals surface area contributed by atoms with E-state index in [1.807, 2.05) is 0 Å². The summed E-state index contributed by atoms with van der Waals surface area (Å²) in [5.41, 5.74) is -0.590. The highest BCUT2D eigenvalue weighted by Gasteiger charge is 2.61. The summed E-state index contributed by atoms with van der Waals surface area (Å²) in [5.74, 6) is -0.696. The van der Waals surface area contributed by atoms with E-state index < -0.39 is 11.2 Å². The van der Waals surface area contributed by atoms with Gasteiger partial charge in [-0.1, -0.05) is 12.7 Å². The van der Waals surface area contributed by atoms with Crippen LogP contribution in [0.2, 0.25) is 0 Å². The van der Waals surface area contributed by atoms with Crippen LogP contribution < -0.4 is 0 Å². The van der Waals surface area contributed by atoms with Crippen molar-refractivity contribution in [2.75, 3.05) is 13.2 Å². The lowest BCUT2D eigenvalue weighted by molar-refractivity contribution is -0.216. The number of carbonyl (C=O) groups is 1. The third kappa shape index (κ3) is 1.39. The molecule has 1 saturated heterocycles. The van der Waals surface area contributed by atoms with Gasteiger partial charge in [0.15, 0.2) is 11.6 Å². The fraction of sp³-hybridized carbons (Fsp3) is 0.615. The molecular weight excluding hydrogens is 204 g/mol. The highest BCUT2D eigenvalue weighted by molar-refractivity contribution is 5.95. The average molecular weight is 222 g/mol. The molecule has 0 bridgehead atoms. The second-order valence-corrected chi connectivity index (χ2v) is 4.45. The Labute approximate surface area is 96.1 Å². The Morgan fingerprint density at radius 2 is 1.94 bits per heavy atom. The molecule has 16 heavy (non-hydrogen) atoms. The Kier molecular flexibility index (Phi) is 3.00. The molecule has 1 atom stereocenters.